The maximum absolute atomic E-state index is 12.8. The third-order valence-corrected chi connectivity index (χ3v) is 2.63. The molecule has 1 aromatic carbocycles. The minimum atomic E-state index is -0.568. The van der Waals surface area contributed by atoms with Crippen LogP contribution in [0.5, 0.6) is 0 Å². The van der Waals surface area contributed by atoms with Crippen molar-refractivity contribution in [1.82, 2.24) is 9.97 Å². The molecule has 2 aromatic rings. The number of nitrogens with two attached hydrogens (primary N) is 1. The Morgan fingerprint density at radius 3 is 2.60 bits per heavy atom. The minimum Gasteiger partial charge on any atom is -0.368 e. The van der Waals surface area contributed by atoms with E-state index in [-0.39, 0.29) is 35.5 Å². The number of rotatable bonds is 4. The minimum absolute atomic E-state index is 0.0457. The molecule has 0 atom stereocenters. The first-order valence-corrected chi connectivity index (χ1v) is 5.74. The first-order valence-electron chi connectivity index (χ1n) is 5.74. The molecule has 3 N–H and O–H groups in total. The molecule has 1 heterocycles. The molecule has 0 aliphatic rings. The summed E-state index contributed by atoms with van der Waals surface area (Å²) in [5.74, 6) is -0.346. The lowest BCUT2D eigenvalue weighted by Crippen LogP contribution is -2.09. The van der Waals surface area contributed by atoms with Gasteiger partial charge in [-0.3, -0.25) is 10.1 Å². The smallest absolute Gasteiger partial charge is 0.332 e. The number of anilines is 2. The van der Waals surface area contributed by atoms with E-state index in [1.165, 1.54) is 19.1 Å². The Labute approximate surface area is 113 Å². The molecule has 0 bridgehead atoms. The highest BCUT2D eigenvalue weighted by molar-refractivity contribution is 5.60. The van der Waals surface area contributed by atoms with Crippen molar-refractivity contribution in [2.75, 3.05) is 11.1 Å². The number of hydrogen-bond donors (Lipinski definition) is 2. The topological polar surface area (TPSA) is 107 Å². The summed E-state index contributed by atoms with van der Waals surface area (Å²) >= 11 is 0. The van der Waals surface area contributed by atoms with E-state index in [2.05, 4.69) is 15.3 Å². The molecule has 20 heavy (non-hydrogen) atoms. The Bertz CT molecular complexity index is 645. The third kappa shape index (κ3) is 2.97. The van der Waals surface area contributed by atoms with Gasteiger partial charge in [0.1, 0.15) is 11.5 Å². The van der Waals surface area contributed by atoms with Crippen LogP contribution in [0.2, 0.25) is 0 Å². The van der Waals surface area contributed by atoms with Gasteiger partial charge in [0.15, 0.2) is 0 Å². The van der Waals surface area contributed by atoms with E-state index < -0.39 is 4.92 Å². The zero-order valence-electron chi connectivity index (χ0n) is 10.6. The van der Waals surface area contributed by atoms with Crippen molar-refractivity contribution in [1.29, 1.82) is 0 Å². The number of nitrogens with one attached hydrogen (secondary N) is 1. The van der Waals surface area contributed by atoms with Gasteiger partial charge in [-0.05, 0) is 24.6 Å². The van der Waals surface area contributed by atoms with E-state index in [4.69, 9.17) is 5.73 Å². The van der Waals surface area contributed by atoms with Gasteiger partial charge in [0, 0.05) is 6.54 Å². The van der Waals surface area contributed by atoms with E-state index >= 15 is 0 Å². The fourth-order valence-corrected chi connectivity index (χ4v) is 1.72. The summed E-state index contributed by atoms with van der Waals surface area (Å²) in [6, 6.07) is 5.77. The van der Waals surface area contributed by atoms with Crippen molar-refractivity contribution in [3.8, 4) is 0 Å². The summed E-state index contributed by atoms with van der Waals surface area (Å²) in [4.78, 5) is 18.0. The highest BCUT2D eigenvalue weighted by atomic mass is 19.1. The van der Waals surface area contributed by atoms with Crippen LogP contribution in [0.4, 0.5) is 21.8 Å². The van der Waals surface area contributed by atoms with Crippen LogP contribution in [-0.4, -0.2) is 14.9 Å². The van der Waals surface area contributed by atoms with Crippen molar-refractivity contribution >= 4 is 17.5 Å². The Hall–Kier alpha value is -2.77. The molecule has 7 nitrogen and oxygen atoms in total. The SMILES string of the molecule is Cc1nc(N)nc(NCc2ccc(F)cc2)c1[N+](=O)[O-]. The molecule has 0 saturated heterocycles. The van der Waals surface area contributed by atoms with E-state index in [1.807, 2.05) is 0 Å². The van der Waals surface area contributed by atoms with Crippen LogP contribution < -0.4 is 11.1 Å². The second-order valence-corrected chi connectivity index (χ2v) is 4.10. The first kappa shape index (κ1) is 13.7. The highest BCUT2D eigenvalue weighted by Gasteiger charge is 2.21. The van der Waals surface area contributed by atoms with E-state index in [1.54, 1.807) is 12.1 Å². The van der Waals surface area contributed by atoms with Gasteiger partial charge in [-0.2, -0.15) is 4.98 Å². The monoisotopic (exact) mass is 277 g/mol. The Kier molecular flexibility index (Phi) is 3.74. The summed E-state index contributed by atoms with van der Waals surface area (Å²) in [6.07, 6.45) is 0. The Morgan fingerprint density at radius 2 is 2.00 bits per heavy atom. The van der Waals surface area contributed by atoms with Crippen LogP contribution in [0.1, 0.15) is 11.3 Å². The molecular weight excluding hydrogens is 265 g/mol. The van der Waals surface area contributed by atoms with Gasteiger partial charge in [-0.1, -0.05) is 12.1 Å². The second kappa shape index (κ2) is 5.47. The molecular formula is C12H12FN5O2. The number of nitrogen functional groups attached to an aromatic ring is 1. The summed E-state index contributed by atoms with van der Waals surface area (Å²) < 4.78 is 12.8. The lowest BCUT2D eigenvalue weighted by atomic mass is 10.2. The lowest BCUT2D eigenvalue weighted by Gasteiger charge is -2.08. The quantitative estimate of drug-likeness (QED) is 0.654. The van der Waals surface area contributed by atoms with E-state index in [0.717, 1.165) is 5.56 Å². The van der Waals surface area contributed by atoms with Gasteiger partial charge in [0.2, 0.25) is 11.8 Å². The number of hydrogen-bond acceptors (Lipinski definition) is 6. The van der Waals surface area contributed by atoms with Crippen molar-refractivity contribution in [3.05, 3.63) is 51.5 Å². The number of aromatic nitrogens is 2. The fraction of sp³-hybridized carbons (Fsp3) is 0.167. The van der Waals surface area contributed by atoms with Gasteiger partial charge in [0.25, 0.3) is 0 Å². The molecule has 8 heteroatoms. The molecule has 0 spiro atoms. The second-order valence-electron chi connectivity index (χ2n) is 4.10. The van der Waals surface area contributed by atoms with Crippen LogP contribution >= 0.6 is 0 Å². The van der Waals surface area contributed by atoms with Gasteiger partial charge in [0.05, 0.1) is 4.92 Å². The number of benzene rings is 1. The highest BCUT2D eigenvalue weighted by Crippen LogP contribution is 2.26. The van der Waals surface area contributed by atoms with Crippen LogP contribution in [0.25, 0.3) is 0 Å². The average Bonchev–Trinajstić information content (AvgIpc) is 2.36. The molecule has 0 aliphatic heterocycles. The number of nitro groups is 1. The van der Waals surface area contributed by atoms with Crippen LogP contribution in [-0.2, 0) is 6.54 Å². The fourth-order valence-electron chi connectivity index (χ4n) is 1.72. The Morgan fingerprint density at radius 1 is 1.35 bits per heavy atom. The molecule has 104 valence electrons. The summed E-state index contributed by atoms with van der Waals surface area (Å²) in [7, 11) is 0. The molecule has 1 aromatic heterocycles. The van der Waals surface area contributed by atoms with Crippen LogP contribution in [0.3, 0.4) is 0 Å². The van der Waals surface area contributed by atoms with Crippen molar-refractivity contribution in [2.45, 2.75) is 13.5 Å². The molecule has 0 fully saturated rings. The maximum atomic E-state index is 12.8. The van der Waals surface area contributed by atoms with Crippen LogP contribution in [0, 0.1) is 22.9 Å². The number of nitrogens with zero attached hydrogens (tertiary/aromatic N) is 3. The summed E-state index contributed by atoms with van der Waals surface area (Å²) in [5, 5.41) is 13.8. The van der Waals surface area contributed by atoms with Crippen molar-refractivity contribution < 1.29 is 9.31 Å². The van der Waals surface area contributed by atoms with Crippen LogP contribution in [0.15, 0.2) is 24.3 Å². The Balaban J connectivity index is 2.24. The molecule has 0 unspecified atom stereocenters. The molecule has 0 aliphatic carbocycles. The van der Waals surface area contributed by atoms with Gasteiger partial charge >= 0.3 is 5.69 Å². The predicted octanol–water partition coefficient (Wildman–Crippen LogP) is 2.03. The molecule has 2 rings (SSSR count). The van der Waals surface area contributed by atoms with Gasteiger partial charge in [-0.25, -0.2) is 9.37 Å². The normalized spacial score (nSPS) is 10.3. The standard InChI is InChI=1S/C12H12FN5O2/c1-7-10(18(19)20)11(17-12(14)16-7)15-6-8-2-4-9(13)5-3-8/h2-5H,6H2,1H3,(H3,14,15,16,17). The van der Waals surface area contributed by atoms with Gasteiger partial charge in [-0.15, -0.1) is 0 Å². The number of halogens is 1. The van der Waals surface area contributed by atoms with E-state index in [9.17, 15) is 14.5 Å². The largest absolute Gasteiger partial charge is 0.368 e. The van der Waals surface area contributed by atoms with Crippen molar-refractivity contribution in [2.24, 2.45) is 0 Å². The van der Waals surface area contributed by atoms with Gasteiger partial charge < -0.3 is 11.1 Å². The molecule has 0 radical (unpaired) electrons. The summed E-state index contributed by atoms with van der Waals surface area (Å²) in [6.45, 7) is 1.75. The average molecular weight is 277 g/mol. The summed E-state index contributed by atoms with van der Waals surface area (Å²) in [5.41, 5.74) is 6.21. The molecule has 0 amide bonds. The predicted molar refractivity (Wildman–Crippen MR) is 71.6 cm³/mol. The third-order valence-electron chi connectivity index (χ3n) is 2.63. The van der Waals surface area contributed by atoms with Crippen molar-refractivity contribution in [3.63, 3.8) is 0 Å². The molecule has 0 saturated carbocycles. The van der Waals surface area contributed by atoms with E-state index in [0.29, 0.717) is 0 Å². The lowest BCUT2D eigenvalue weighted by molar-refractivity contribution is -0.385. The maximum Gasteiger partial charge on any atom is 0.332 e. The first-order chi connectivity index (χ1) is 9.47. The zero-order chi connectivity index (χ0) is 14.7. The zero-order valence-corrected chi connectivity index (χ0v) is 10.6. The number of aryl methyl sites for hydroxylation is 1.